The second-order valence-corrected chi connectivity index (χ2v) is 7.94. The van der Waals surface area contributed by atoms with Crippen molar-refractivity contribution >= 4 is 49.6 Å². The summed E-state index contributed by atoms with van der Waals surface area (Å²) < 4.78 is 86.0. The van der Waals surface area contributed by atoms with Gasteiger partial charge in [0.05, 0.1) is 52.6 Å². The highest BCUT2D eigenvalue weighted by molar-refractivity contribution is 9.14. The Labute approximate surface area is 206 Å². The van der Waals surface area contributed by atoms with Gasteiger partial charge in [-0.3, -0.25) is 19.3 Å². The molecule has 2 amide bonds. The second kappa shape index (κ2) is 13.2. The van der Waals surface area contributed by atoms with Crippen LogP contribution < -0.4 is 4.74 Å². The van der Waals surface area contributed by atoms with Crippen molar-refractivity contribution in [1.29, 1.82) is 0 Å². The molecule has 0 saturated heterocycles. The third-order valence-electron chi connectivity index (χ3n) is 4.10. The zero-order valence-electron chi connectivity index (χ0n) is 17.1. The van der Waals surface area contributed by atoms with Crippen molar-refractivity contribution in [2.24, 2.45) is 0 Å². The molecule has 0 atom stereocenters. The Hall–Kier alpha value is -1.94. The molecular formula is C19H16Br2F5NO7. The second-order valence-electron chi connectivity index (χ2n) is 6.35. The Kier molecular flexibility index (Phi) is 11.0. The van der Waals surface area contributed by atoms with E-state index in [4.69, 9.17) is 14.2 Å². The van der Waals surface area contributed by atoms with Gasteiger partial charge in [0.2, 0.25) is 34.8 Å². The smallest absolute Gasteiger partial charge is 0.313 e. The maximum atomic E-state index is 13.5. The molecule has 188 valence electrons. The van der Waals surface area contributed by atoms with E-state index in [-0.39, 0.29) is 55.2 Å². The lowest BCUT2D eigenvalue weighted by atomic mass is 10.2. The summed E-state index contributed by atoms with van der Waals surface area (Å²) in [6.45, 7) is 0.364. The van der Waals surface area contributed by atoms with Crippen LogP contribution in [0, 0.1) is 29.1 Å². The third kappa shape index (κ3) is 7.04. The summed E-state index contributed by atoms with van der Waals surface area (Å²) >= 11 is 6.01. The van der Waals surface area contributed by atoms with Crippen molar-refractivity contribution in [3.63, 3.8) is 0 Å². The minimum absolute atomic E-state index is 0.0281. The van der Waals surface area contributed by atoms with Gasteiger partial charge < -0.3 is 18.9 Å². The number of rotatable bonds is 13. The number of halogens is 7. The van der Waals surface area contributed by atoms with Crippen LogP contribution in [0.3, 0.4) is 0 Å². The van der Waals surface area contributed by atoms with E-state index >= 15 is 0 Å². The summed E-state index contributed by atoms with van der Waals surface area (Å²) in [5.41, 5.74) is 0. The predicted molar refractivity (Wildman–Crippen MR) is 111 cm³/mol. The van der Waals surface area contributed by atoms with Crippen LogP contribution in [0.4, 0.5) is 22.0 Å². The zero-order valence-corrected chi connectivity index (χ0v) is 20.3. The van der Waals surface area contributed by atoms with Gasteiger partial charge in [-0.25, -0.2) is 13.2 Å². The van der Waals surface area contributed by atoms with Gasteiger partial charge in [-0.05, 0) is 31.9 Å². The van der Waals surface area contributed by atoms with Gasteiger partial charge in [0.15, 0.2) is 0 Å². The Morgan fingerprint density at radius 2 is 1.09 bits per heavy atom. The molecule has 0 N–H and O–H groups in total. The molecule has 0 aromatic heterocycles. The van der Waals surface area contributed by atoms with Gasteiger partial charge in [0.1, 0.15) is 8.96 Å². The summed E-state index contributed by atoms with van der Waals surface area (Å²) in [7, 11) is 0. The molecular weight excluding hydrogens is 609 g/mol. The van der Waals surface area contributed by atoms with E-state index in [1.807, 2.05) is 0 Å². The molecule has 34 heavy (non-hydrogen) atoms. The summed E-state index contributed by atoms with van der Waals surface area (Å²) in [5, 5.41) is 0. The normalized spacial score (nSPS) is 13.9. The number of nitrogens with zero attached hydrogens (tertiary/aromatic N) is 1. The fourth-order valence-electron chi connectivity index (χ4n) is 2.41. The maximum Gasteiger partial charge on any atom is 0.313 e. The Morgan fingerprint density at radius 3 is 1.59 bits per heavy atom. The van der Waals surface area contributed by atoms with E-state index < -0.39 is 59.0 Å². The van der Waals surface area contributed by atoms with Crippen LogP contribution in [0.1, 0.15) is 6.42 Å². The van der Waals surface area contributed by atoms with E-state index in [0.29, 0.717) is 0 Å². The number of hydrogen-bond acceptors (Lipinski definition) is 7. The van der Waals surface area contributed by atoms with Gasteiger partial charge >= 0.3 is 5.97 Å². The number of amides is 2. The molecule has 0 bridgehead atoms. The van der Waals surface area contributed by atoms with Crippen molar-refractivity contribution < 1.29 is 55.3 Å². The number of hydrogen-bond donors (Lipinski definition) is 0. The average molecular weight is 625 g/mol. The highest BCUT2D eigenvalue weighted by Gasteiger charge is 2.35. The SMILES string of the molecule is O=C(CCOCCOCCOCCN1C(=O)C(Br)=C(Br)C1=O)Oc1c(F)c(F)c(F)c(F)c1F. The number of carbonyl (C=O) groups is 3. The van der Waals surface area contributed by atoms with Crippen LogP contribution >= 0.6 is 31.9 Å². The lowest BCUT2D eigenvalue weighted by Crippen LogP contribution is -2.34. The topological polar surface area (TPSA) is 91.4 Å². The number of imide groups is 1. The highest BCUT2D eigenvalue weighted by Crippen LogP contribution is 2.30. The van der Waals surface area contributed by atoms with Gasteiger partial charge in [-0.15, -0.1) is 0 Å². The molecule has 1 aromatic rings. The standard InChI is InChI=1S/C19H16Br2F5NO7/c20-10-11(21)19(30)27(18(10)29)2-4-32-6-8-33-7-5-31-3-1-9(28)34-17-15(25)13(23)12(22)14(24)16(17)26/h1-8H2. The molecule has 0 aliphatic carbocycles. The first-order valence-corrected chi connectivity index (χ1v) is 11.0. The van der Waals surface area contributed by atoms with Gasteiger partial charge in [-0.1, -0.05) is 0 Å². The highest BCUT2D eigenvalue weighted by atomic mass is 79.9. The predicted octanol–water partition coefficient (Wildman–Crippen LogP) is 3.10. The van der Waals surface area contributed by atoms with Gasteiger partial charge in [-0.2, -0.15) is 8.78 Å². The Morgan fingerprint density at radius 1 is 0.676 bits per heavy atom. The molecule has 8 nitrogen and oxygen atoms in total. The van der Waals surface area contributed by atoms with Gasteiger partial charge in [0, 0.05) is 0 Å². The Bertz CT molecular complexity index is 939. The van der Waals surface area contributed by atoms with Crippen LogP contribution in [0.15, 0.2) is 8.96 Å². The molecule has 0 fully saturated rings. The summed E-state index contributed by atoms with van der Waals surface area (Å²) in [6.07, 6.45) is -0.516. The van der Waals surface area contributed by atoms with Crippen molar-refractivity contribution in [3.8, 4) is 5.75 Å². The molecule has 1 aliphatic heterocycles. The van der Waals surface area contributed by atoms with E-state index in [1.165, 1.54) is 0 Å². The molecule has 0 spiro atoms. The van der Waals surface area contributed by atoms with Crippen molar-refractivity contribution in [2.75, 3.05) is 46.2 Å². The Balaban J connectivity index is 1.52. The molecule has 1 heterocycles. The average Bonchev–Trinajstić information content (AvgIpc) is 3.00. The molecule has 0 saturated carbocycles. The van der Waals surface area contributed by atoms with Crippen LogP contribution in [-0.2, 0) is 28.6 Å². The summed E-state index contributed by atoms with van der Waals surface area (Å²) in [4.78, 5) is 36.2. The first kappa shape index (κ1) is 28.3. The lowest BCUT2D eigenvalue weighted by molar-refractivity contribution is -0.138. The fourth-order valence-corrected chi connectivity index (χ4v) is 3.18. The number of carbonyl (C=O) groups excluding carboxylic acids is 3. The summed E-state index contributed by atoms with van der Waals surface area (Å²) in [5.74, 6) is -15.2. The number of benzene rings is 1. The third-order valence-corrected chi connectivity index (χ3v) is 6.10. The quantitative estimate of drug-likeness (QED) is 0.0634. The minimum Gasteiger partial charge on any atom is -0.420 e. The minimum atomic E-state index is -2.36. The van der Waals surface area contributed by atoms with E-state index in [1.54, 1.807) is 0 Å². The molecule has 1 aliphatic rings. The van der Waals surface area contributed by atoms with E-state index in [0.717, 1.165) is 4.90 Å². The first-order chi connectivity index (χ1) is 16.1. The summed E-state index contributed by atoms with van der Waals surface area (Å²) in [6, 6.07) is 0. The van der Waals surface area contributed by atoms with Crippen LogP contribution in [0.25, 0.3) is 0 Å². The molecule has 15 heteroatoms. The molecule has 0 unspecified atom stereocenters. The molecule has 2 rings (SSSR count). The van der Waals surface area contributed by atoms with Gasteiger partial charge in [0.25, 0.3) is 11.8 Å². The monoisotopic (exact) mass is 623 g/mol. The van der Waals surface area contributed by atoms with E-state index in [9.17, 15) is 36.3 Å². The largest absolute Gasteiger partial charge is 0.420 e. The van der Waals surface area contributed by atoms with Crippen LogP contribution in [0.2, 0.25) is 0 Å². The number of ether oxygens (including phenoxy) is 4. The van der Waals surface area contributed by atoms with Crippen LogP contribution in [0.5, 0.6) is 5.75 Å². The maximum absolute atomic E-state index is 13.5. The first-order valence-electron chi connectivity index (χ1n) is 9.44. The van der Waals surface area contributed by atoms with Crippen molar-refractivity contribution in [1.82, 2.24) is 4.90 Å². The zero-order chi connectivity index (χ0) is 25.4. The van der Waals surface area contributed by atoms with Crippen molar-refractivity contribution in [3.05, 3.63) is 38.1 Å². The van der Waals surface area contributed by atoms with Crippen molar-refractivity contribution in [2.45, 2.75) is 6.42 Å². The van der Waals surface area contributed by atoms with E-state index in [2.05, 4.69) is 36.6 Å². The van der Waals surface area contributed by atoms with Crippen LogP contribution in [-0.4, -0.2) is 68.9 Å². The molecule has 1 aromatic carbocycles. The lowest BCUT2D eigenvalue weighted by Gasteiger charge is -2.14. The molecule has 0 radical (unpaired) electrons. The number of esters is 1. The fraction of sp³-hybridized carbons (Fsp3) is 0.421.